The molecule has 2 N–H and O–H groups in total. The number of amides is 1. The number of aromatic nitrogens is 1. The van der Waals surface area contributed by atoms with Gasteiger partial charge in [-0.3, -0.25) is 4.79 Å². The van der Waals surface area contributed by atoms with E-state index in [1.807, 2.05) is 37.4 Å². The van der Waals surface area contributed by atoms with Crippen molar-refractivity contribution in [2.45, 2.75) is 13.0 Å². The summed E-state index contributed by atoms with van der Waals surface area (Å²) in [5, 5.41) is 3.79. The number of carbonyl (C=O) groups excluding carboxylic acids is 1. The Morgan fingerprint density at radius 1 is 1.47 bits per heavy atom. The third-order valence-electron chi connectivity index (χ3n) is 2.79. The highest BCUT2D eigenvalue weighted by Gasteiger charge is 2.10. The molecule has 1 amide bonds. The minimum atomic E-state index is -0.0703. The van der Waals surface area contributed by atoms with Gasteiger partial charge in [0.25, 0.3) is 5.91 Å². The van der Waals surface area contributed by atoms with Crippen molar-refractivity contribution in [1.82, 2.24) is 10.3 Å². The zero-order valence-corrected chi connectivity index (χ0v) is 9.99. The first kappa shape index (κ1) is 11.7. The molecular formula is C13H16N2O2. The average Bonchev–Trinajstić information content (AvgIpc) is 2.83. The molecule has 1 aromatic carbocycles. The second-order valence-corrected chi connectivity index (χ2v) is 4.00. The SMILES string of the molecule is COC(C)CNC(=O)c1cccc2[nH]ccc12. The van der Waals surface area contributed by atoms with Crippen LogP contribution in [0.15, 0.2) is 30.5 Å². The van der Waals surface area contributed by atoms with E-state index in [4.69, 9.17) is 4.74 Å². The average molecular weight is 232 g/mol. The van der Waals surface area contributed by atoms with E-state index in [0.29, 0.717) is 12.1 Å². The minimum absolute atomic E-state index is 0.0179. The van der Waals surface area contributed by atoms with Gasteiger partial charge >= 0.3 is 0 Å². The van der Waals surface area contributed by atoms with E-state index < -0.39 is 0 Å². The van der Waals surface area contributed by atoms with Gasteiger partial charge in [-0.05, 0) is 25.1 Å². The van der Waals surface area contributed by atoms with Crippen LogP contribution in [0.3, 0.4) is 0 Å². The highest BCUT2D eigenvalue weighted by atomic mass is 16.5. The standard InChI is InChI=1S/C13H16N2O2/c1-9(17-2)8-15-13(16)11-4-3-5-12-10(11)6-7-14-12/h3-7,9,14H,8H2,1-2H3,(H,15,16). The summed E-state index contributed by atoms with van der Waals surface area (Å²) < 4.78 is 5.09. The summed E-state index contributed by atoms with van der Waals surface area (Å²) >= 11 is 0. The first-order valence-electron chi connectivity index (χ1n) is 5.59. The molecule has 0 aliphatic rings. The fraction of sp³-hybridized carbons (Fsp3) is 0.308. The second-order valence-electron chi connectivity index (χ2n) is 4.00. The Hall–Kier alpha value is -1.81. The summed E-state index contributed by atoms with van der Waals surface area (Å²) in [6.07, 6.45) is 1.85. The molecule has 0 spiro atoms. The summed E-state index contributed by atoms with van der Waals surface area (Å²) in [6.45, 7) is 2.42. The predicted octanol–water partition coefficient (Wildman–Crippen LogP) is 1.93. The Morgan fingerprint density at radius 3 is 3.06 bits per heavy atom. The van der Waals surface area contributed by atoms with E-state index in [1.165, 1.54) is 0 Å². The van der Waals surface area contributed by atoms with Gasteiger partial charge in [-0.25, -0.2) is 0 Å². The smallest absolute Gasteiger partial charge is 0.252 e. The fourth-order valence-electron chi connectivity index (χ4n) is 1.70. The molecule has 0 bridgehead atoms. The highest BCUT2D eigenvalue weighted by Crippen LogP contribution is 2.17. The van der Waals surface area contributed by atoms with Crippen LogP contribution in [0.5, 0.6) is 0 Å². The third-order valence-corrected chi connectivity index (χ3v) is 2.79. The molecule has 2 aromatic rings. The van der Waals surface area contributed by atoms with E-state index in [-0.39, 0.29) is 12.0 Å². The van der Waals surface area contributed by atoms with E-state index in [2.05, 4.69) is 10.3 Å². The molecule has 1 atom stereocenters. The largest absolute Gasteiger partial charge is 0.380 e. The molecule has 1 aromatic heterocycles. The number of ether oxygens (including phenoxy) is 1. The molecule has 4 heteroatoms. The number of hydrogen-bond acceptors (Lipinski definition) is 2. The van der Waals surface area contributed by atoms with Crippen molar-refractivity contribution in [3.8, 4) is 0 Å². The molecular weight excluding hydrogens is 216 g/mol. The summed E-state index contributed by atoms with van der Waals surface area (Å²) in [5.74, 6) is -0.0703. The van der Waals surface area contributed by atoms with Crippen LogP contribution >= 0.6 is 0 Å². The molecule has 17 heavy (non-hydrogen) atoms. The van der Waals surface area contributed by atoms with E-state index in [9.17, 15) is 4.79 Å². The number of rotatable bonds is 4. The maximum Gasteiger partial charge on any atom is 0.252 e. The number of H-pyrrole nitrogens is 1. The number of hydrogen-bond donors (Lipinski definition) is 2. The van der Waals surface area contributed by atoms with Gasteiger partial charge < -0.3 is 15.0 Å². The van der Waals surface area contributed by atoms with E-state index >= 15 is 0 Å². The van der Waals surface area contributed by atoms with Crippen LogP contribution in [0.4, 0.5) is 0 Å². The predicted molar refractivity (Wildman–Crippen MR) is 67.1 cm³/mol. The number of fused-ring (bicyclic) bond motifs is 1. The quantitative estimate of drug-likeness (QED) is 0.846. The van der Waals surface area contributed by atoms with Gasteiger partial charge in [0.05, 0.1) is 6.10 Å². The lowest BCUT2D eigenvalue weighted by Crippen LogP contribution is -2.31. The molecule has 2 rings (SSSR count). The topological polar surface area (TPSA) is 54.1 Å². The Morgan fingerprint density at radius 2 is 2.29 bits per heavy atom. The van der Waals surface area contributed by atoms with Crippen molar-refractivity contribution in [2.75, 3.05) is 13.7 Å². The van der Waals surface area contributed by atoms with Crippen molar-refractivity contribution in [3.63, 3.8) is 0 Å². The van der Waals surface area contributed by atoms with Gasteiger partial charge in [-0.1, -0.05) is 6.07 Å². The lowest BCUT2D eigenvalue weighted by Gasteiger charge is -2.11. The van der Waals surface area contributed by atoms with Crippen molar-refractivity contribution in [2.24, 2.45) is 0 Å². The first-order valence-corrected chi connectivity index (χ1v) is 5.59. The van der Waals surface area contributed by atoms with Crippen LogP contribution in [0, 0.1) is 0 Å². The summed E-state index contributed by atoms with van der Waals surface area (Å²) in [7, 11) is 1.63. The summed E-state index contributed by atoms with van der Waals surface area (Å²) in [4.78, 5) is 15.1. The lowest BCUT2D eigenvalue weighted by molar-refractivity contribution is 0.0872. The third kappa shape index (κ3) is 2.47. The number of aromatic amines is 1. The maximum atomic E-state index is 12.0. The minimum Gasteiger partial charge on any atom is -0.380 e. The fourth-order valence-corrected chi connectivity index (χ4v) is 1.70. The molecule has 90 valence electrons. The van der Waals surface area contributed by atoms with Crippen molar-refractivity contribution in [3.05, 3.63) is 36.0 Å². The normalized spacial score (nSPS) is 12.6. The highest BCUT2D eigenvalue weighted by molar-refractivity contribution is 6.06. The molecule has 0 radical (unpaired) electrons. The molecule has 0 aliphatic carbocycles. The maximum absolute atomic E-state index is 12.0. The zero-order chi connectivity index (χ0) is 12.3. The van der Waals surface area contributed by atoms with E-state index in [0.717, 1.165) is 10.9 Å². The van der Waals surface area contributed by atoms with Crippen molar-refractivity contribution >= 4 is 16.8 Å². The van der Waals surface area contributed by atoms with Gasteiger partial charge in [0.15, 0.2) is 0 Å². The number of carbonyl (C=O) groups is 1. The van der Waals surface area contributed by atoms with Gasteiger partial charge in [-0.15, -0.1) is 0 Å². The summed E-state index contributed by atoms with van der Waals surface area (Å²) in [5.41, 5.74) is 1.66. The number of benzene rings is 1. The lowest BCUT2D eigenvalue weighted by atomic mass is 10.1. The first-order chi connectivity index (χ1) is 8.22. The Balaban J connectivity index is 2.16. The Labute approximate surface area is 100.0 Å². The molecule has 0 fully saturated rings. The van der Waals surface area contributed by atoms with Crippen LogP contribution in [-0.2, 0) is 4.74 Å². The molecule has 1 heterocycles. The van der Waals surface area contributed by atoms with Crippen LogP contribution < -0.4 is 5.32 Å². The monoisotopic (exact) mass is 232 g/mol. The van der Waals surface area contributed by atoms with Gasteiger partial charge in [0, 0.05) is 36.3 Å². The molecule has 4 nitrogen and oxygen atoms in total. The van der Waals surface area contributed by atoms with Gasteiger partial charge in [0.1, 0.15) is 0 Å². The Bertz CT molecular complexity index is 519. The van der Waals surface area contributed by atoms with Crippen molar-refractivity contribution < 1.29 is 9.53 Å². The molecule has 1 unspecified atom stereocenters. The van der Waals surface area contributed by atoms with E-state index in [1.54, 1.807) is 7.11 Å². The Kier molecular flexibility index (Phi) is 3.44. The molecule has 0 saturated carbocycles. The van der Waals surface area contributed by atoms with Gasteiger partial charge in [0.2, 0.25) is 0 Å². The van der Waals surface area contributed by atoms with Crippen LogP contribution in [-0.4, -0.2) is 30.6 Å². The van der Waals surface area contributed by atoms with Gasteiger partial charge in [-0.2, -0.15) is 0 Å². The summed E-state index contributed by atoms with van der Waals surface area (Å²) in [6, 6.07) is 7.55. The van der Waals surface area contributed by atoms with Crippen molar-refractivity contribution in [1.29, 1.82) is 0 Å². The number of methoxy groups -OCH3 is 1. The van der Waals surface area contributed by atoms with Crippen LogP contribution in [0.25, 0.3) is 10.9 Å². The van der Waals surface area contributed by atoms with Crippen LogP contribution in [0.1, 0.15) is 17.3 Å². The van der Waals surface area contributed by atoms with Crippen LogP contribution in [0.2, 0.25) is 0 Å². The number of nitrogens with one attached hydrogen (secondary N) is 2. The molecule has 0 saturated heterocycles. The second kappa shape index (κ2) is 5.01. The molecule has 0 aliphatic heterocycles. The zero-order valence-electron chi connectivity index (χ0n) is 9.99.